The van der Waals surface area contributed by atoms with Crippen LogP contribution in [0.1, 0.15) is 23.0 Å². The molecule has 7 heteroatoms. The predicted molar refractivity (Wildman–Crippen MR) is 75.7 cm³/mol. The number of hydrogen-bond donors (Lipinski definition) is 1. The Labute approximate surface area is 121 Å². The number of aryl methyl sites for hydroxylation is 1. The van der Waals surface area contributed by atoms with Crippen LogP contribution in [0.25, 0.3) is 0 Å². The molecule has 0 saturated carbocycles. The van der Waals surface area contributed by atoms with Gasteiger partial charge < -0.3 is 10.1 Å². The Hall–Kier alpha value is -2.08. The van der Waals surface area contributed by atoms with Crippen LogP contribution in [0.4, 0.5) is 5.82 Å². The highest BCUT2D eigenvalue weighted by molar-refractivity contribution is 6.30. The molecule has 0 unspecified atom stereocenters. The molecule has 0 aliphatic carbocycles. The largest absolute Gasteiger partial charge is 0.461 e. The number of esters is 1. The highest BCUT2D eigenvalue weighted by Crippen LogP contribution is 2.13. The molecule has 0 fully saturated rings. The number of ether oxygens (including phenoxy) is 1. The molecule has 0 aliphatic heterocycles. The molecule has 0 spiro atoms. The van der Waals surface area contributed by atoms with Crippen molar-refractivity contribution in [2.75, 3.05) is 11.9 Å². The molecule has 0 atom stereocenters. The van der Waals surface area contributed by atoms with E-state index in [-0.39, 0.29) is 0 Å². The lowest BCUT2D eigenvalue weighted by Crippen LogP contribution is -2.10. The second kappa shape index (κ2) is 6.38. The Morgan fingerprint density at radius 1 is 1.50 bits per heavy atom. The smallest absolute Gasteiger partial charge is 0.359 e. The summed E-state index contributed by atoms with van der Waals surface area (Å²) in [7, 11) is 1.76. The van der Waals surface area contributed by atoms with Gasteiger partial charge in [-0.2, -0.15) is 5.10 Å². The van der Waals surface area contributed by atoms with E-state index in [1.807, 2.05) is 0 Å². The second-order valence-corrected chi connectivity index (χ2v) is 4.55. The van der Waals surface area contributed by atoms with Crippen molar-refractivity contribution in [2.24, 2.45) is 7.05 Å². The van der Waals surface area contributed by atoms with Crippen LogP contribution < -0.4 is 5.32 Å². The lowest BCUT2D eigenvalue weighted by atomic mass is 10.2. The number of rotatable bonds is 5. The van der Waals surface area contributed by atoms with Gasteiger partial charge in [-0.15, -0.1) is 0 Å². The van der Waals surface area contributed by atoms with Gasteiger partial charge in [-0.1, -0.05) is 11.6 Å². The van der Waals surface area contributed by atoms with E-state index in [0.29, 0.717) is 29.7 Å². The Balaban J connectivity index is 2.09. The van der Waals surface area contributed by atoms with Crippen LogP contribution in [0.5, 0.6) is 0 Å². The van der Waals surface area contributed by atoms with Gasteiger partial charge in [0, 0.05) is 31.5 Å². The molecule has 6 nitrogen and oxygen atoms in total. The fourth-order valence-electron chi connectivity index (χ4n) is 1.70. The number of aromatic nitrogens is 3. The van der Waals surface area contributed by atoms with Crippen molar-refractivity contribution in [1.29, 1.82) is 0 Å². The molecule has 20 heavy (non-hydrogen) atoms. The highest BCUT2D eigenvalue weighted by atomic mass is 35.5. The van der Waals surface area contributed by atoms with E-state index in [1.165, 1.54) is 0 Å². The summed E-state index contributed by atoms with van der Waals surface area (Å²) in [5, 5.41) is 7.80. The maximum atomic E-state index is 11.8. The first kappa shape index (κ1) is 14.3. The maximum absolute atomic E-state index is 11.8. The van der Waals surface area contributed by atoms with Gasteiger partial charge in [0.25, 0.3) is 0 Å². The minimum Gasteiger partial charge on any atom is -0.461 e. The van der Waals surface area contributed by atoms with E-state index in [2.05, 4.69) is 15.4 Å². The third-order valence-electron chi connectivity index (χ3n) is 2.56. The van der Waals surface area contributed by atoms with Gasteiger partial charge in [0.2, 0.25) is 0 Å². The number of nitrogens with zero attached hydrogens (tertiary/aromatic N) is 3. The van der Waals surface area contributed by atoms with E-state index >= 15 is 0 Å². The Morgan fingerprint density at radius 2 is 2.30 bits per heavy atom. The van der Waals surface area contributed by atoms with Crippen LogP contribution in [0.3, 0.4) is 0 Å². The zero-order valence-electron chi connectivity index (χ0n) is 11.3. The van der Waals surface area contributed by atoms with Crippen LogP contribution in [0.2, 0.25) is 5.02 Å². The van der Waals surface area contributed by atoms with E-state index in [4.69, 9.17) is 16.3 Å². The summed E-state index contributed by atoms with van der Waals surface area (Å²) in [5.74, 6) is 0.252. The van der Waals surface area contributed by atoms with Crippen molar-refractivity contribution in [2.45, 2.75) is 13.5 Å². The van der Waals surface area contributed by atoms with Crippen LogP contribution in [-0.2, 0) is 18.3 Å². The van der Waals surface area contributed by atoms with Gasteiger partial charge >= 0.3 is 5.97 Å². The fourth-order valence-corrected chi connectivity index (χ4v) is 1.82. The summed E-state index contributed by atoms with van der Waals surface area (Å²) in [4.78, 5) is 15.9. The highest BCUT2D eigenvalue weighted by Gasteiger charge is 2.16. The molecule has 106 valence electrons. The van der Waals surface area contributed by atoms with Crippen molar-refractivity contribution in [3.8, 4) is 0 Å². The molecule has 2 rings (SSSR count). The minimum atomic E-state index is -0.422. The van der Waals surface area contributed by atoms with Crippen LogP contribution in [-0.4, -0.2) is 27.3 Å². The summed E-state index contributed by atoms with van der Waals surface area (Å²) < 4.78 is 6.56. The lowest BCUT2D eigenvalue weighted by Gasteiger charge is -2.05. The minimum absolute atomic E-state index is 0.316. The SMILES string of the molecule is CCOC(=O)c1nn(C)cc1CNc1ccc(Cl)cn1. The Kier molecular flexibility index (Phi) is 4.57. The quantitative estimate of drug-likeness (QED) is 0.857. The third-order valence-corrected chi connectivity index (χ3v) is 2.78. The third kappa shape index (κ3) is 3.48. The molecular weight excluding hydrogens is 280 g/mol. The van der Waals surface area contributed by atoms with E-state index < -0.39 is 5.97 Å². The van der Waals surface area contributed by atoms with Crippen molar-refractivity contribution >= 4 is 23.4 Å². The summed E-state index contributed by atoms with van der Waals surface area (Å²) in [6.45, 7) is 2.51. The standard InChI is InChI=1S/C13H15ClN4O2/c1-3-20-13(19)12-9(8-18(2)17-12)6-15-11-5-4-10(14)7-16-11/h4-5,7-8H,3,6H2,1-2H3,(H,15,16). The van der Waals surface area contributed by atoms with Gasteiger partial charge in [-0.3, -0.25) is 4.68 Å². The lowest BCUT2D eigenvalue weighted by molar-refractivity contribution is 0.0517. The van der Waals surface area contributed by atoms with Gasteiger partial charge in [0.15, 0.2) is 5.69 Å². The van der Waals surface area contributed by atoms with Gasteiger partial charge in [-0.05, 0) is 19.1 Å². The van der Waals surface area contributed by atoms with Crippen molar-refractivity contribution in [3.05, 3.63) is 40.8 Å². The maximum Gasteiger partial charge on any atom is 0.359 e. The summed E-state index contributed by atoms with van der Waals surface area (Å²) >= 11 is 5.77. The predicted octanol–water partition coefficient (Wildman–Crippen LogP) is 2.26. The zero-order valence-corrected chi connectivity index (χ0v) is 12.0. The van der Waals surface area contributed by atoms with Crippen molar-refractivity contribution < 1.29 is 9.53 Å². The molecule has 0 radical (unpaired) electrons. The second-order valence-electron chi connectivity index (χ2n) is 4.11. The molecule has 1 N–H and O–H groups in total. The molecule has 0 saturated heterocycles. The summed E-state index contributed by atoms with van der Waals surface area (Å²) in [6.07, 6.45) is 3.33. The topological polar surface area (TPSA) is 69.0 Å². The normalized spacial score (nSPS) is 10.3. The van der Waals surface area contributed by atoms with Crippen LogP contribution in [0, 0.1) is 0 Å². The number of pyridine rings is 1. The number of hydrogen-bond acceptors (Lipinski definition) is 5. The van der Waals surface area contributed by atoms with Crippen LogP contribution >= 0.6 is 11.6 Å². The van der Waals surface area contributed by atoms with Gasteiger partial charge in [0.05, 0.1) is 11.6 Å². The van der Waals surface area contributed by atoms with Crippen molar-refractivity contribution in [3.63, 3.8) is 0 Å². The Bertz CT molecular complexity index is 595. The average molecular weight is 295 g/mol. The molecule has 0 amide bonds. The number of halogens is 1. The molecule has 0 bridgehead atoms. The zero-order chi connectivity index (χ0) is 14.5. The van der Waals surface area contributed by atoms with Gasteiger partial charge in [0.1, 0.15) is 5.82 Å². The van der Waals surface area contributed by atoms with Gasteiger partial charge in [-0.25, -0.2) is 9.78 Å². The number of carbonyl (C=O) groups excluding carboxylic acids is 1. The van der Waals surface area contributed by atoms with Crippen LogP contribution in [0.15, 0.2) is 24.5 Å². The first-order chi connectivity index (χ1) is 9.60. The number of carbonyl (C=O) groups is 1. The summed E-state index contributed by atoms with van der Waals surface area (Å²) in [6, 6.07) is 3.51. The molecule has 2 heterocycles. The van der Waals surface area contributed by atoms with E-state index in [1.54, 1.807) is 43.2 Å². The fraction of sp³-hybridized carbons (Fsp3) is 0.308. The molecular formula is C13H15ClN4O2. The molecule has 2 aromatic rings. The summed E-state index contributed by atoms with van der Waals surface area (Å²) in [5.41, 5.74) is 1.07. The number of nitrogens with one attached hydrogen (secondary N) is 1. The Morgan fingerprint density at radius 3 is 2.95 bits per heavy atom. The number of anilines is 1. The first-order valence-corrected chi connectivity index (χ1v) is 6.53. The van der Waals surface area contributed by atoms with E-state index in [9.17, 15) is 4.79 Å². The first-order valence-electron chi connectivity index (χ1n) is 6.15. The average Bonchev–Trinajstić information content (AvgIpc) is 2.80. The van der Waals surface area contributed by atoms with E-state index in [0.717, 1.165) is 5.56 Å². The monoisotopic (exact) mass is 294 g/mol. The molecule has 0 aromatic carbocycles. The molecule has 0 aliphatic rings. The molecule has 2 aromatic heterocycles. The van der Waals surface area contributed by atoms with Crippen molar-refractivity contribution in [1.82, 2.24) is 14.8 Å².